The lowest BCUT2D eigenvalue weighted by atomic mass is 10.1. The molecular formula is C7H16N2O2. The van der Waals surface area contributed by atoms with E-state index in [4.69, 9.17) is 5.11 Å². The van der Waals surface area contributed by atoms with Crippen LogP contribution in [0.1, 0.15) is 13.8 Å². The van der Waals surface area contributed by atoms with Crippen molar-refractivity contribution in [2.24, 2.45) is 5.92 Å². The van der Waals surface area contributed by atoms with Crippen molar-refractivity contribution in [3.8, 4) is 0 Å². The average Bonchev–Trinajstić information content (AvgIpc) is 1.98. The first-order valence-corrected chi connectivity index (χ1v) is 3.59. The zero-order valence-corrected chi connectivity index (χ0v) is 7.18. The van der Waals surface area contributed by atoms with Crippen molar-refractivity contribution in [1.29, 1.82) is 0 Å². The van der Waals surface area contributed by atoms with Crippen molar-refractivity contribution >= 4 is 0 Å². The van der Waals surface area contributed by atoms with Crippen molar-refractivity contribution in [2.75, 3.05) is 13.8 Å². The van der Waals surface area contributed by atoms with Crippen LogP contribution < -0.4 is 10.6 Å². The molecule has 0 unspecified atom stereocenters. The van der Waals surface area contributed by atoms with Crippen LogP contribution in [0.25, 0.3) is 0 Å². The molecule has 0 fully saturated rings. The van der Waals surface area contributed by atoms with Crippen molar-refractivity contribution in [3.63, 3.8) is 0 Å². The van der Waals surface area contributed by atoms with Crippen LogP contribution in [0.15, 0.2) is 11.6 Å². The van der Waals surface area contributed by atoms with E-state index < -0.39 is 0 Å². The second-order valence-electron chi connectivity index (χ2n) is 2.50. The summed E-state index contributed by atoms with van der Waals surface area (Å²) < 4.78 is 0. The Morgan fingerprint density at radius 1 is 1.45 bits per heavy atom. The minimum absolute atomic E-state index is 0.0778. The standard InChI is InChI=1S/C7H16N2O2/c1-5(2)6(9-4-10)7(11)8-3/h5,8-11H,4H2,1-3H3/b7-6-. The molecule has 0 spiro atoms. The second-order valence-corrected chi connectivity index (χ2v) is 2.50. The normalized spacial score (nSPS) is 12.8. The first-order chi connectivity index (χ1) is 5.13. The van der Waals surface area contributed by atoms with Gasteiger partial charge in [0.05, 0.1) is 5.70 Å². The van der Waals surface area contributed by atoms with Gasteiger partial charge in [0, 0.05) is 7.05 Å². The maximum atomic E-state index is 9.21. The highest BCUT2D eigenvalue weighted by molar-refractivity contribution is 5.05. The van der Waals surface area contributed by atoms with Gasteiger partial charge in [0.25, 0.3) is 0 Å². The van der Waals surface area contributed by atoms with E-state index in [0.29, 0.717) is 5.70 Å². The van der Waals surface area contributed by atoms with E-state index in [1.165, 1.54) is 0 Å². The highest BCUT2D eigenvalue weighted by atomic mass is 16.3. The molecule has 4 N–H and O–H groups in total. The number of nitrogens with one attached hydrogen (secondary N) is 2. The van der Waals surface area contributed by atoms with Gasteiger partial charge in [0.2, 0.25) is 5.88 Å². The molecule has 0 atom stereocenters. The van der Waals surface area contributed by atoms with Gasteiger partial charge in [-0.1, -0.05) is 13.8 Å². The maximum Gasteiger partial charge on any atom is 0.203 e. The first-order valence-electron chi connectivity index (χ1n) is 3.59. The van der Waals surface area contributed by atoms with E-state index in [-0.39, 0.29) is 18.5 Å². The molecule has 0 amide bonds. The average molecular weight is 160 g/mol. The van der Waals surface area contributed by atoms with Gasteiger partial charge in [-0.25, -0.2) is 0 Å². The van der Waals surface area contributed by atoms with Crippen LogP contribution in [0.3, 0.4) is 0 Å². The monoisotopic (exact) mass is 160 g/mol. The minimum Gasteiger partial charge on any atom is -0.494 e. The number of aliphatic hydroxyl groups is 2. The van der Waals surface area contributed by atoms with E-state index in [0.717, 1.165) is 0 Å². The summed E-state index contributed by atoms with van der Waals surface area (Å²) in [7, 11) is 1.62. The van der Waals surface area contributed by atoms with Gasteiger partial charge >= 0.3 is 0 Å². The Hall–Kier alpha value is -0.900. The second kappa shape index (κ2) is 4.85. The van der Waals surface area contributed by atoms with E-state index in [2.05, 4.69) is 10.6 Å². The predicted octanol–water partition coefficient (Wildman–Crippen LogP) is 0.128. The van der Waals surface area contributed by atoms with Crippen molar-refractivity contribution in [3.05, 3.63) is 11.6 Å². The van der Waals surface area contributed by atoms with Gasteiger partial charge in [-0.3, -0.25) is 0 Å². The Morgan fingerprint density at radius 2 is 2.00 bits per heavy atom. The molecule has 11 heavy (non-hydrogen) atoms. The zero-order valence-electron chi connectivity index (χ0n) is 7.18. The highest BCUT2D eigenvalue weighted by Gasteiger charge is 2.07. The number of hydrogen-bond acceptors (Lipinski definition) is 4. The molecule has 66 valence electrons. The third-order valence-electron chi connectivity index (χ3n) is 1.34. The van der Waals surface area contributed by atoms with E-state index in [1.807, 2.05) is 13.8 Å². The van der Waals surface area contributed by atoms with Crippen molar-refractivity contribution in [1.82, 2.24) is 10.6 Å². The summed E-state index contributed by atoms with van der Waals surface area (Å²) >= 11 is 0. The Bertz CT molecular complexity index is 143. The molecule has 0 aromatic carbocycles. The quantitative estimate of drug-likeness (QED) is 0.348. The molecule has 0 aliphatic rings. The number of rotatable bonds is 4. The van der Waals surface area contributed by atoms with Gasteiger partial charge in [0.1, 0.15) is 6.73 Å². The smallest absolute Gasteiger partial charge is 0.203 e. The van der Waals surface area contributed by atoms with Gasteiger partial charge < -0.3 is 20.8 Å². The van der Waals surface area contributed by atoms with Crippen LogP contribution in [0.4, 0.5) is 0 Å². The molecule has 0 aromatic heterocycles. The zero-order chi connectivity index (χ0) is 8.85. The molecule has 0 aromatic rings. The fraction of sp³-hybridized carbons (Fsp3) is 0.714. The fourth-order valence-electron chi connectivity index (χ4n) is 0.781. The van der Waals surface area contributed by atoms with E-state index >= 15 is 0 Å². The molecule has 0 aliphatic heterocycles. The summed E-state index contributed by atoms with van der Waals surface area (Å²) in [5, 5.41) is 23.0. The van der Waals surface area contributed by atoms with Gasteiger partial charge in [-0.2, -0.15) is 0 Å². The molecule has 4 nitrogen and oxygen atoms in total. The lowest BCUT2D eigenvalue weighted by Gasteiger charge is -2.14. The fourth-order valence-corrected chi connectivity index (χ4v) is 0.781. The minimum atomic E-state index is -0.167. The molecule has 0 saturated heterocycles. The SMILES string of the molecule is CN/C(O)=C(/NCO)C(C)C. The van der Waals surface area contributed by atoms with Crippen LogP contribution in [0.5, 0.6) is 0 Å². The Kier molecular flexibility index (Phi) is 4.45. The lowest BCUT2D eigenvalue weighted by molar-refractivity contribution is 0.259. The third-order valence-corrected chi connectivity index (χ3v) is 1.34. The van der Waals surface area contributed by atoms with Crippen molar-refractivity contribution < 1.29 is 10.2 Å². The lowest BCUT2D eigenvalue weighted by Crippen LogP contribution is -2.24. The van der Waals surface area contributed by atoms with E-state index in [1.54, 1.807) is 7.05 Å². The molecule has 0 bridgehead atoms. The summed E-state index contributed by atoms with van der Waals surface area (Å²) in [4.78, 5) is 0. The molecule has 0 radical (unpaired) electrons. The Balaban J connectivity index is 4.30. The van der Waals surface area contributed by atoms with Crippen LogP contribution in [-0.4, -0.2) is 24.0 Å². The van der Waals surface area contributed by atoms with Gasteiger partial charge in [-0.05, 0) is 5.92 Å². The molecular weight excluding hydrogens is 144 g/mol. The summed E-state index contributed by atoms with van der Waals surface area (Å²) in [5.41, 5.74) is 0.620. The molecule has 0 saturated carbocycles. The van der Waals surface area contributed by atoms with Gasteiger partial charge in [-0.15, -0.1) is 0 Å². The summed E-state index contributed by atoms with van der Waals surface area (Å²) in [6.07, 6.45) is 0. The molecule has 0 rings (SSSR count). The van der Waals surface area contributed by atoms with Crippen LogP contribution >= 0.6 is 0 Å². The summed E-state index contributed by atoms with van der Waals surface area (Å²) in [6, 6.07) is 0. The Morgan fingerprint density at radius 3 is 2.27 bits per heavy atom. The van der Waals surface area contributed by atoms with Crippen LogP contribution in [0.2, 0.25) is 0 Å². The Labute approximate surface area is 66.9 Å². The van der Waals surface area contributed by atoms with Gasteiger partial charge in [0.15, 0.2) is 0 Å². The van der Waals surface area contributed by atoms with Crippen LogP contribution in [-0.2, 0) is 0 Å². The highest BCUT2D eigenvalue weighted by Crippen LogP contribution is 2.07. The number of aliphatic hydroxyl groups excluding tert-OH is 2. The number of allylic oxidation sites excluding steroid dienone is 1. The topological polar surface area (TPSA) is 64.5 Å². The third kappa shape index (κ3) is 3.13. The molecule has 0 aliphatic carbocycles. The molecule has 4 heteroatoms. The summed E-state index contributed by atoms with van der Waals surface area (Å²) in [6.45, 7) is 3.68. The largest absolute Gasteiger partial charge is 0.494 e. The van der Waals surface area contributed by atoms with E-state index in [9.17, 15) is 5.11 Å². The number of hydrogen-bond donors (Lipinski definition) is 4. The van der Waals surface area contributed by atoms with Crippen molar-refractivity contribution in [2.45, 2.75) is 13.8 Å². The first kappa shape index (κ1) is 10.1. The van der Waals surface area contributed by atoms with Crippen LogP contribution in [0, 0.1) is 5.92 Å². The maximum absolute atomic E-state index is 9.21. The predicted molar refractivity (Wildman–Crippen MR) is 43.8 cm³/mol. The summed E-state index contributed by atoms with van der Waals surface area (Å²) in [5.74, 6) is 0.239. The molecule has 0 heterocycles.